The van der Waals surface area contributed by atoms with Crippen molar-refractivity contribution in [3.8, 4) is 11.3 Å². The minimum absolute atomic E-state index is 0.0432. The van der Waals surface area contributed by atoms with E-state index in [0.717, 1.165) is 36.9 Å². The van der Waals surface area contributed by atoms with Crippen LogP contribution in [0.1, 0.15) is 53.9 Å². The number of likely N-dealkylation sites (N-methyl/N-ethyl adjacent to an activating group) is 2. The molecule has 1 aromatic heterocycles. The predicted molar refractivity (Wildman–Crippen MR) is 165 cm³/mol. The lowest BCUT2D eigenvalue weighted by molar-refractivity contribution is -0.128. The van der Waals surface area contributed by atoms with E-state index < -0.39 is 17.2 Å². The highest BCUT2D eigenvalue weighted by atomic mass is 35.5. The van der Waals surface area contributed by atoms with Crippen LogP contribution >= 0.6 is 11.6 Å². The van der Waals surface area contributed by atoms with Gasteiger partial charge in [-0.2, -0.15) is 0 Å². The molecule has 1 amide bonds. The van der Waals surface area contributed by atoms with E-state index in [0.29, 0.717) is 33.7 Å². The quantitative estimate of drug-likeness (QED) is 0.234. The summed E-state index contributed by atoms with van der Waals surface area (Å²) in [6, 6.07) is 17.1. The van der Waals surface area contributed by atoms with E-state index >= 15 is 0 Å². The van der Waals surface area contributed by atoms with Crippen LogP contribution in [0.4, 0.5) is 20.4 Å². The third-order valence-electron chi connectivity index (χ3n) is 8.58. The minimum Gasteiger partial charge on any atom is -0.358 e. The summed E-state index contributed by atoms with van der Waals surface area (Å²) in [5, 5.41) is 9.74. The number of halogens is 3. The molecule has 10 heteroatoms. The van der Waals surface area contributed by atoms with Gasteiger partial charge in [-0.1, -0.05) is 35.9 Å². The molecule has 2 aliphatic rings. The number of hydrogen-bond acceptors (Lipinski definition) is 6. The molecule has 0 bridgehead atoms. The van der Waals surface area contributed by atoms with Crippen molar-refractivity contribution in [3.63, 3.8) is 0 Å². The number of aliphatic imine (C=N–C) groups is 1. The summed E-state index contributed by atoms with van der Waals surface area (Å²) in [4.78, 5) is 26.3. The van der Waals surface area contributed by atoms with E-state index in [2.05, 4.69) is 38.1 Å². The molecule has 2 heterocycles. The zero-order valence-electron chi connectivity index (χ0n) is 23.8. The molecule has 3 N–H and O–H groups in total. The molecule has 6 rings (SSSR count). The van der Waals surface area contributed by atoms with Crippen LogP contribution in [0.3, 0.4) is 0 Å². The van der Waals surface area contributed by atoms with Gasteiger partial charge in [0.1, 0.15) is 11.6 Å². The van der Waals surface area contributed by atoms with Crippen molar-refractivity contribution in [1.82, 2.24) is 20.6 Å². The van der Waals surface area contributed by atoms with Crippen LogP contribution < -0.4 is 16.0 Å². The predicted octanol–water partition coefficient (Wildman–Crippen LogP) is 6.53. The number of amides is 1. The molecule has 1 fully saturated rings. The van der Waals surface area contributed by atoms with Crippen LogP contribution in [0.2, 0.25) is 5.02 Å². The highest BCUT2D eigenvalue weighted by Gasteiger charge is 2.40. The molecule has 0 spiro atoms. The fourth-order valence-corrected chi connectivity index (χ4v) is 6.34. The first-order valence-electron chi connectivity index (χ1n) is 14.2. The number of carbonyl (C=O) groups excluding carboxylic acids is 1. The Balaban J connectivity index is 1.24. The lowest BCUT2D eigenvalue weighted by atomic mass is 9.73. The van der Waals surface area contributed by atoms with Gasteiger partial charge in [-0.15, -0.1) is 0 Å². The lowest BCUT2D eigenvalue weighted by Crippen LogP contribution is -2.56. The number of nitrogens with one attached hydrogen (secondary N) is 3. The maximum Gasteiger partial charge on any atom is 0.240 e. The van der Waals surface area contributed by atoms with Gasteiger partial charge in [0.25, 0.3) is 0 Å². The summed E-state index contributed by atoms with van der Waals surface area (Å²) in [7, 11) is 3.53. The second kappa shape index (κ2) is 11.8. The molecular weight excluding hydrogens is 570 g/mol. The summed E-state index contributed by atoms with van der Waals surface area (Å²) >= 11 is 6.33. The first kappa shape index (κ1) is 28.9. The molecular formula is C33H31ClF2N6O. The first-order valence-corrected chi connectivity index (χ1v) is 14.6. The fourth-order valence-electron chi connectivity index (χ4n) is 6.16. The van der Waals surface area contributed by atoms with Gasteiger partial charge in [0.05, 0.1) is 29.1 Å². The Kier molecular flexibility index (Phi) is 7.94. The van der Waals surface area contributed by atoms with Gasteiger partial charge in [-0.05, 0) is 80.6 Å². The molecule has 1 saturated carbocycles. The summed E-state index contributed by atoms with van der Waals surface area (Å²) in [6.45, 7) is 0.149. The smallest absolute Gasteiger partial charge is 0.240 e. The minimum atomic E-state index is -0.700. The van der Waals surface area contributed by atoms with E-state index in [1.807, 2.05) is 19.2 Å². The van der Waals surface area contributed by atoms with Crippen molar-refractivity contribution in [2.75, 3.05) is 19.4 Å². The summed E-state index contributed by atoms with van der Waals surface area (Å²) in [6.07, 6.45) is 5.07. The molecule has 0 atom stereocenters. The van der Waals surface area contributed by atoms with Gasteiger partial charge < -0.3 is 16.0 Å². The Hall–Kier alpha value is -4.21. The number of rotatable bonds is 6. The van der Waals surface area contributed by atoms with Crippen molar-refractivity contribution in [2.24, 2.45) is 4.99 Å². The Bertz CT molecular complexity index is 1700. The first-order chi connectivity index (χ1) is 20.8. The Morgan fingerprint density at radius 1 is 0.977 bits per heavy atom. The van der Waals surface area contributed by atoms with Gasteiger partial charge in [0, 0.05) is 40.6 Å². The second-order valence-corrected chi connectivity index (χ2v) is 11.4. The molecule has 1 aliphatic heterocycles. The Morgan fingerprint density at radius 2 is 1.70 bits per heavy atom. The molecule has 0 unspecified atom stereocenters. The van der Waals surface area contributed by atoms with Gasteiger partial charge in [0.2, 0.25) is 11.9 Å². The van der Waals surface area contributed by atoms with E-state index in [-0.39, 0.29) is 23.7 Å². The zero-order valence-corrected chi connectivity index (χ0v) is 24.6. The molecule has 4 aromatic rings. The lowest BCUT2D eigenvalue weighted by Gasteiger charge is -2.38. The monoisotopic (exact) mass is 600 g/mol. The van der Waals surface area contributed by atoms with Crippen molar-refractivity contribution in [3.05, 3.63) is 106 Å². The zero-order chi connectivity index (χ0) is 30.1. The van der Waals surface area contributed by atoms with E-state index in [1.165, 1.54) is 23.8 Å². The SMILES string of the molecule is CNC(=O)C1(NC)CCC(c2ccc(Nc3ncc4c(n3)-c3ccc(Cl)cc3C(c3c(F)cccc3F)=NC4)cc2)CC1. The number of fused-ring (bicyclic) bond motifs is 3. The van der Waals surface area contributed by atoms with Crippen molar-refractivity contribution in [2.45, 2.75) is 43.7 Å². The van der Waals surface area contributed by atoms with Crippen LogP contribution in [0, 0.1) is 11.6 Å². The van der Waals surface area contributed by atoms with Crippen molar-refractivity contribution in [1.29, 1.82) is 0 Å². The van der Waals surface area contributed by atoms with Crippen LogP contribution in [-0.4, -0.2) is 41.2 Å². The maximum absolute atomic E-state index is 14.8. The fraction of sp³-hybridized carbons (Fsp3) is 0.273. The number of carbonyl (C=O) groups is 1. The summed E-state index contributed by atoms with van der Waals surface area (Å²) in [5.41, 5.74) is 4.02. The molecule has 7 nitrogen and oxygen atoms in total. The molecule has 0 saturated heterocycles. The third-order valence-corrected chi connectivity index (χ3v) is 8.82. The van der Waals surface area contributed by atoms with Gasteiger partial charge in [-0.3, -0.25) is 9.79 Å². The molecule has 220 valence electrons. The average Bonchev–Trinajstić information content (AvgIpc) is 3.17. The van der Waals surface area contributed by atoms with E-state index in [4.69, 9.17) is 16.6 Å². The van der Waals surface area contributed by atoms with Crippen molar-refractivity contribution < 1.29 is 13.6 Å². The number of benzene rings is 3. The molecule has 43 heavy (non-hydrogen) atoms. The topological polar surface area (TPSA) is 91.3 Å². The van der Waals surface area contributed by atoms with Gasteiger partial charge >= 0.3 is 0 Å². The number of nitrogens with zero attached hydrogens (tertiary/aromatic N) is 3. The summed E-state index contributed by atoms with van der Waals surface area (Å²) in [5.74, 6) is -0.598. The normalized spacial score (nSPS) is 19.5. The van der Waals surface area contributed by atoms with Crippen molar-refractivity contribution >= 4 is 34.9 Å². The average molecular weight is 601 g/mol. The van der Waals surface area contributed by atoms with Gasteiger partial charge in [-0.25, -0.2) is 18.7 Å². The van der Waals surface area contributed by atoms with E-state index in [9.17, 15) is 13.6 Å². The maximum atomic E-state index is 14.8. The van der Waals surface area contributed by atoms with Gasteiger partial charge in [0.15, 0.2) is 0 Å². The van der Waals surface area contributed by atoms with Crippen LogP contribution in [-0.2, 0) is 11.3 Å². The molecule has 0 radical (unpaired) electrons. The highest BCUT2D eigenvalue weighted by Crippen LogP contribution is 2.39. The highest BCUT2D eigenvalue weighted by molar-refractivity contribution is 6.31. The Morgan fingerprint density at radius 3 is 2.37 bits per heavy atom. The van der Waals surface area contributed by atoms with Crippen LogP contribution in [0.25, 0.3) is 11.3 Å². The number of aromatic nitrogens is 2. The summed E-state index contributed by atoms with van der Waals surface area (Å²) < 4.78 is 29.7. The number of hydrogen-bond donors (Lipinski definition) is 3. The number of anilines is 2. The molecule has 3 aromatic carbocycles. The van der Waals surface area contributed by atoms with E-state index in [1.54, 1.807) is 31.4 Å². The third kappa shape index (κ3) is 5.50. The Labute approximate surface area is 253 Å². The molecule has 1 aliphatic carbocycles. The van der Waals surface area contributed by atoms with Crippen LogP contribution in [0.5, 0.6) is 0 Å². The second-order valence-electron chi connectivity index (χ2n) is 11.0. The van der Waals surface area contributed by atoms with Crippen LogP contribution in [0.15, 0.2) is 71.9 Å². The largest absolute Gasteiger partial charge is 0.358 e. The standard InChI is InChI=1S/C33H31ClF2N6O/c1-37-31(43)33(38-2)14-12-20(13-15-33)19-6-9-23(10-7-19)41-32-40-18-21-17-39-30(28-26(35)4-3-5-27(28)36)25-16-22(34)8-11-24(25)29(21)42-32/h3-11,16,18,20,38H,12-15,17H2,1-2H3,(H,37,43)(H,40,41,42).